The van der Waals surface area contributed by atoms with E-state index in [4.69, 9.17) is 4.74 Å². The van der Waals surface area contributed by atoms with Gasteiger partial charge in [0.1, 0.15) is 0 Å². The van der Waals surface area contributed by atoms with Gasteiger partial charge in [-0.1, -0.05) is 45.8 Å². The molecule has 0 aliphatic heterocycles. The second kappa shape index (κ2) is 10.7. The summed E-state index contributed by atoms with van der Waals surface area (Å²) in [6.07, 6.45) is 10.5. The van der Waals surface area contributed by atoms with Gasteiger partial charge in [0.05, 0.1) is 6.61 Å². The van der Waals surface area contributed by atoms with E-state index in [9.17, 15) is 4.79 Å². The molecule has 0 saturated carbocycles. The highest BCUT2D eigenvalue weighted by Crippen LogP contribution is 2.02. The second-order valence-electron chi connectivity index (χ2n) is 4.58. The van der Waals surface area contributed by atoms with Crippen LogP contribution in [0.2, 0.25) is 0 Å². The molecule has 2 heteroatoms. The molecule has 0 aliphatic rings. The molecule has 0 heterocycles. The Balaban J connectivity index is 3.32. The number of carbonyl (C=O) groups excluding carboxylic acids is 1. The molecule has 0 radical (unpaired) electrons. The van der Waals surface area contributed by atoms with Gasteiger partial charge in [-0.25, -0.2) is 0 Å². The van der Waals surface area contributed by atoms with Crippen LogP contribution in [0.3, 0.4) is 0 Å². The number of esters is 1. The van der Waals surface area contributed by atoms with Crippen LogP contribution in [0.15, 0.2) is 12.2 Å². The molecule has 0 aromatic carbocycles. The van der Waals surface area contributed by atoms with Crippen molar-refractivity contribution in [3.05, 3.63) is 12.2 Å². The molecule has 0 fully saturated rings. The fourth-order valence-electron chi connectivity index (χ4n) is 1.28. The van der Waals surface area contributed by atoms with E-state index in [1.807, 2.05) is 13.8 Å². The van der Waals surface area contributed by atoms with Crippen LogP contribution in [0.1, 0.15) is 59.3 Å². The van der Waals surface area contributed by atoms with Crippen molar-refractivity contribution in [1.29, 1.82) is 0 Å². The SMILES string of the molecule is CCCCCC=CCCC(=O)OCC(C)C. The van der Waals surface area contributed by atoms with Crippen molar-refractivity contribution in [1.82, 2.24) is 0 Å². The second-order valence-corrected chi connectivity index (χ2v) is 4.58. The van der Waals surface area contributed by atoms with Gasteiger partial charge in [-0.05, 0) is 25.2 Å². The molecular weight excluding hydrogens is 200 g/mol. The quantitative estimate of drug-likeness (QED) is 0.336. The third-order valence-corrected chi connectivity index (χ3v) is 2.23. The molecule has 0 unspecified atom stereocenters. The van der Waals surface area contributed by atoms with Crippen LogP contribution in [-0.4, -0.2) is 12.6 Å². The first kappa shape index (κ1) is 15.2. The lowest BCUT2D eigenvalue weighted by Crippen LogP contribution is -2.09. The molecule has 0 aliphatic carbocycles. The number of carbonyl (C=O) groups is 1. The van der Waals surface area contributed by atoms with Crippen molar-refractivity contribution in [3.63, 3.8) is 0 Å². The maximum Gasteiger partial charge on any atom is 0.306 e. The van der Waals surface area contributed by atoms with E-state index >= 15 is 0 Å². The maximum absolute atomic E-state index is 11.2. The fraction of sp³-hybridized carbons (Fsp3) is 0.786. The molecule has 0 N–H and O–H groups in total. The van der Waals surface area contributed by atoms with E-state index in [1.54, 1.807) is 0 Å². The highest BCUT2D eigenvalue weighted by molar-refractivity contribution is 5.69. The molecule has 16 heavy (non-hydrogen) atoms. The standard InChI is InChI=1S/C14H26O2/c1-4-5-6-7-8-9-10-11-14(15)16-12-13(2)3/h8-9,13H,4-7,10-12H2,1-3H3. The molecule has 0 aromatic rings. The van der Waals surface area contributed by atoms with E-state index in [1.165, 1.54) is 19.3 Å². The number of ether oxygens (including phenoxy) is 1. The van der Waals surface area contributed by atoms with Gasteiger partial charge in [-0.3, -0.25) is 4.79 Å². The number of unbranched alkanes of at least 4 members (excludes halogenated alkanes) is 3. The first-order chi connectivity index (χ1) is 7.66. The predicted octanol–water partition coefficient (Wildman–Crippen LogP) is 4.10. The molecular formula is C14H26O2. The van der Waals surface area contributed by atoms with E-state index in [2.05, 4.69) is 19.1 Å². The van der Waals surface area contributed by atoms with Crippen LogP contribution in [0.5, 0.6) is 0 Å². The number of hydrogen-bond donors (Lipinski definition) is 0. The fourth-order valence-corrected chi connectivity index (χ4v) is 1.28. The van der Waals surface area contributed by atoms with Gasteiger partial charge in [0, 0.05) is 6.42 Å². The summed E-state index contributed by atoms with van der Waals surface area (Å²) in [5.41, 5.74) is 0. The summed E-state index contributed by atoms with van der Waals surface area (Å²) in [4.78, 5) is 11.2. The lowest BCUT2D eigenvalue weighted by molar-refractivity contribution is -0.144. The summed E-state index contributed by atoms with van der Waals surface area (Å²) in [7, 11) is 0. The third-order valence-electron chi connectivity index (χ3n) is 2.23. The van der Waals surface area contributed by atoms with Gasteiger partial charge >= 0.3 is 5.97 Å². The molecule has 2 nitrogen and oxygen atoms in total. The zero-order chi connectivity index (χ0) is 12.2. The van der Waals surface area contributed by atoms with Crippen LogP contribution in [0.25, 0.3) is 0 Å². The minimum Gasteiger partial charge on any atom is -0.465 e. The molecule has 94 valence electrons. The summed E-state index contributed by atoms with van der Waals surface area (Å²) < 4.78 is 5.08. The number of allylic oxidation sites excluding steroid dienone is 2. The van der Waals surface area contributed by atoms with Crippen molar-refractivity contribution in [3.8, 4) is 0 Å². The van der Waals surface area contributed by atoms with Crippen molar-refractivity contribution in [2.75, 3.05) is 6.61 Å². The van der Waals surface area contributed by atoms with Crippen LogP contribution < -0.4 is 0 Å². The Morgan fingerprint density at radius 2 is 1.88 bits per heavy atom. The average molecular weight is 226 g/mol. The van der Waals surface area contributed by atoms with Crippen LogP contribution in [0.4, 0.5) is 0 Å². The lowest BCUT2D eigenvalue weighted by Gasteiger charge is -2.05. The summed E-state index contributed by atoms with van der Waals surface area (Å²) in [5.74, 6) is 0.348. The lowest BCUT2D eigenvalue weighted by atomic mass is 10.2. The molecule has 0 atom stereocenters. The van der Waals surface area contributed by atoms with E-state index in [0.717, 1.165) is 12.8 Å². The maximum atomic E-state index is 11.2. The van der Waals surface area contributed by atoms with Crippen LogP contribution in [0, 0.1) is 5.92 Å². The van der Waals surface area contributed by atoms with Crippen molar-refractivity contribution in [2.24, 2.45) is 5.92 Å². The van der Waals surface area contributed by atoms with Gasteiger partial charge < -0.3 is 4.74 Å². The molecule has 0 rings (SSSR count). The van der Waals surface area contributed by atoms with Crippen molar-refractivity contribution < 1.29 is 9.53 Å². The summed E-state index contributed by atoms with van der Waals surface area (Å²) in [6.45, 7) is 6.83. The predicted molar refractivity (Wildman–Crippen MR) is 68.3 cm³/mol. The normalized spacial score (nSPS) is 11.2. The van der Waals surface area contributed by atoms with Crippen LogP contribution in [-0.2, 0) is 9.53 Å². The van der Waals surface area contributed by atoms with Gasteiger partial charge in [-0.15, -0.1) is 0 Å². The van der Waals surface area contributed by atoms with Gasteiger partial charge in [0.2, 0.25) is 0 Å². The topological polar surface area (TPSA) is 26.3 Å². The Kier molecular flexibility index (Phi) is 10.2. The van der Waals surface area contributed by atoms with Crippen molar-refractivity contribution in [2.45, 2.75) is 59.3 Å². The summed E-state index contributed by atoms with van der Waals surface area (Å²) in [5, 5.41) is 0. The minimum absolute atomic E-state index is 0.0769. The first-order valence-corrected chi connectivity index (χ1v) is 6.47. The van der Waals surface area contributed by atoms with Gasteiger partial charge in [-0.2, -0.15) is 0 Å². The molecule has 0 spiro atoms. The zero-order valence-electron chi connectivity index (χ0n) is 11.0. The monoisotopic (exact) mass is 226 g/mol. The highest BCUT2D eigenvalue weighted by Gasteiger charge is 2.02. The largest absolute Gasteiger partial charge is 0.465 e. The first-order valence-electron chi connectivity index (χ1n) is 6.47. The molecule has 0 saturated heterocycles. The molecule has 0 bridgehead atoms. The van der Waals surface area contributed by atoms with Crippen molar-refractivity contribution >= 4 is 5.97 Å². The average Bonchev–Trinajstić information content (AvgIpc) is 2.25. The van der Waals surface area contributed by atoms with Gasteiger partial charge in [0.25, 0.3) is 0 Å². The Morgan fingerprint density at radius 3 is 2.50 bits per heavy atom. The zero-order valence-corrected chi connectivity index (χ0v) is 11.0. The summed E-state index contributed by atoms with van der Waals surface area (Å²) >= 11 is 0. The Bertz CT molecular complexity index is 195. The number of hydrogen-bond acceptors (Lipinski definition) is 2. The molecule has 0 aromatic heterocycles. The van der Waals surface area contributed by atoms with Crippen LogP contribution >= 0.6 is 0 Å². The van der Waals surface area contributed by atoms with E-state index in [-0.39, 0.29) is 5.97 Å². The van der Waals surface area contributed by atoms with E-state index < -0.39 is 0 Å². The Hall–Kier alpha value is -0.790. The molecule has 0 amide bonds. The summed E-state index contributed by atoms with van der Waals surface area (Å²) in [6, 6.07) is 0. The minimum atomic E-state index is -0.0769. The smallest absolute Gasteiger partial charge is 0.306 e. The Labute approximate surface area is 100 Å². The van der Waals surface area contributed by atoms with Gasteiger partial charge in [0.15, 0.2) is 0 Å². The van der Waals surface area contributed by atoms with E-state index in [0.29, 0.717) is 18.9 Å². The third kappa shape index (κ3) is 11.3. The highest BCUT2D eigenvalue weighted by atomic mass is 16.5. The Morgan fingerprint density at radius 1 is 1.19 bits per heavy atom. The number of rotatable bonds is 9.